The van der Waals surface area contributed by atoms with Crippen molar-refractivity contribution in [2.45, 2.75) is 25.3 Å². The molecule has 0 aromatic heterocycles. The van der Waals surface area contributed by atoms with Gasteiger partial charge in [0.1, 0.15) is 0 Å². The molecule has 1 atom stereocenters. The quantitative estimate of drug-likeness (QED) is 0.586. The number of likely N-dealkylation sites (N-methyl/N-ethyl adjacent to an activating group) is 1. The van der Waals surface area contributed by atoms with Crippen molar-refractivity contribution >= 4 is 5.91 Å². The molecule has 0 aromatic rings. The van der Waals surface area contributed by atoms with Gasteiger partial charge >= 0.3 is 0 Å². The van der Waals surface area contributed by atoms with E-state index in [1.807, 2.05) is 7.05 Å². The van der Waals surface area contributed by atoms with Gasteiger partial charge in [0, 0.05) is 32.7 Å². The van der Waals surface area contributed by atoms with Crippen LogP contribution < -0.4 is 5.32 Å². The van der Waals surface area contributed by atoms with Crippen LogP contribution in [0, 0.1) is 0 Å². The predicted octanol–water partition coefficient (Wildman–Crippen LogP) is -0.421. The summed E-state index contributed by atoms with van der Waals surface area (Å²) in [5, 5.41) is 11.9. The van der Waals surface area contributed by atoms with Crippen LogP contribution in [0.5, 0.6) is 0 Å². The van der Waals surface area contributed by atoms with Crippen LogP contribution in [0.1, 0.15) is 19.3 Å². The van der Waals surface area contributed by atoms with Crippen molar-refractivity contribution in [3.05, 3.63) is 0 Å². The first-order chi connectivity index (χ1) is 6.24. The van der Waals surface area contributed by atoms with Crippen LogP contribution in [0.25, 0.3) is 0 Å². The highest BCUT2D eigenvalue weighted by atomic mass is 16.3. The van der Waals surface area contributed by atoms with E-state index < -0.39 is 0 Å². The van der Waals surface area contributed by atoms with Gasteiger partial charge in [-0.2, -0.15) is 0 Å². The van der Waals surface area contributed by atoms with Crippen molar-refractivity contribution in [1.82, 2.24) is 10.2 Å². The first kappa shape index (κ1) is 10.5. The van der Waals surface area contributed by atoms with Crippen molar-refractivity contribution in [2.24, 2.45) is 0 Å². The van der Waals surface area contributed by atoms with E-state index in [0.29, 0.717) is 12.5 Å². The third kappa shape index (κ3) is 3.32. The molecule has 0 aromatic carbocycles. The van der Waals surface area contributed by atoms with Gasteiger partial charge in [0.25, 0.3) is 0 Å². The fourth-order valence-corrected chi connectivity index (χ4v) is 1.56. The van der Waals surface area contributed by atoms with E-state index in [1.54, 1.807) is 4.90 Å². The maximum atomic E-state index is 11.1. The number of nitrogens with one attached hydrogen (secondary N) is 1. The standard InChI is InChI=1S/C9H18N2O2/c1-11-7-8(3-4-9(11)13)10-5-2-6-12/h8,10,12H,2-7H2,1H3. The number of likely N-dealkylation sites (tertiary alicyclic amines) is 1. The molecular weight excluding hydrogens is 168 g/mol. The molecule has 1 aliphatic heterocycles. The van der Waals surface area contributed by atoms with Gasteiger partial charge in [-0.15, -0.1) is 0 Å². The van der Waals surface area contributed by atoms with E-state index in [9.17, 15) is 4.79 Å². The second-order valence-electron chi connectivity index (χ2n) is 3.54. The number of piperidine rings is 1. The number of amides is 1. The molecule has 76 valence electrons. The van der Waals surface area contributed by atoms with Crippen LogP contribution >= 0.6 is 0 Å². The minimum absolute atomic E-state index is 0.231. The van der Waals surface area contributed by atoms with Gasteiger partial charge in [-0.3, -0.25) is 4.79 Å². The molecule has 0 radical (unpaired) electrons. The monoisotopic (exact) mass is 186 g/mol. The molecule has 0 bridgehead atoms. The lowest BCUT2D eigenvalue weighted by Crippen LogP contribution is -2.46. The molecule has 1 heterocycles. The summed E-state index contributed by atoms with van der Waals surface area (Å²) in [5.74, 6) is 0.236. The summed E-state index contributed by atoms with van der Waals surface area (Å²) in [7, 11) is 1.84. The van der Waals surface area contributed by atoms with Gasteiger partial charge in [0.05, 0.1) is 0 Å². The molecule has 13 heavy (non-hydrogen) atoms. The number of aliphatic hydroxyl groups excluding tert-OH is 1. The van der Waals surface area contributed by atoms with Crippen LogP contribution in [0.15, 0.2) is 0 Å². The lowest BCUT2D eigenvalue weighted by atomic mass is 10.1. The molecule has 0 aliphatic carbocycles. The van der Waals surface area contributed by atoms with E-state index in [-0.39, 0.29) is 12.5 Å². The lowest BCUT2D eigenvalue weighted by molar-refractivity contribution is -0.132. The van der Waals surface area contributed by atoms with Crippen LogP contribution in [0.4, 0.5) is 0 Å². The second-order valence-corrected chi connectivity index (χ2v) is 3.54. The number of carbonyl (C=O) groups is 1. The molecule has 1 aliphatic rings. The van der Waals surface area contributed by atoms with Gasteiger partial charge in [0.2, 0.25) is 5.91 Å². The zero-order valence-electron chi connectivity index (χ0n) is 8.12. The summed E-state index contributed by atoms with van der Waals surface area (Å²) in [5.41, 5.74) is 0. The maximum absolute atomic E-state index is 11.1. The molecule has 1 fully saturated rings. The maximum Gasteiger partial charge on any atom is 0.222 e. The van der Waals surface area contributed by atoms with Crippen molar-refractivity contribution in [3.8, 4) is 0 Å². The summed E-state index contributed by atoms with van der Waals surface area (Å²) in [6, 6.07) is 0.411. The molecule has 4 nitrogen and oxygen atoms in total. The third-order valence-corrected chi connectivity index (χ3v) is 2.39. The van der Waals surface area contributed by atoms with Crippen molar-refractivity contribution < 1.29 is 9.90 Å². The second kappa shape index (κ2) is 5.19. The third-order valence-electron chi connectivity index (χ3n) is 2.39. The number of hydrogen-bond acceptors (Lipinski definition) is 3. The fourth-order valence-electron chi connectivity index (χ4n) is 1.56. The Kier molecular flexibility index (Phi) is 4.18. The number of aliphatic hydroxyl groups is 1. The summed E-state index contributed by atoms with van der Waals surface area (Å²) < 4.78 is 0. The van der Waals surface area contributed by atoms with Crippen molar-refractivity contribution in [3.63, 3.8) is 0 Å². The molecule has 1 amide bonds. The highest BCUT2D eigenvalue weighted by Crippen LogP contribution is 2.09. The Hall–Kier alpha value is -0.610. The van der Waals surface area contributed by atoms with E-state index in [0.717, 1.165) is 25.9 Å². The normalized spacial score (nSPS) is 23.7. The summed E-state index contributed by atoms with van der Waals surface area (Å²) in [6.45, 7) is 1.86. The largest absolute Gasteiger partial charge is 0.396 e. The van der Waals surface area contributed by atoms with E-state index >= 15 is 0 Å². The SMILES string of the molecule is CN1CC(NCCCO)CCC1=O. The fraction of sp³-hybridized carbons (Fsp3) is 0.889. The van der Waals surface area contributed by atoms with Gasteiger partial charge in [-0.25, -0.2) is 0 Å². The average molecular weight is 186 g/mol. The highest BCUT2D eigenvalue weighted by molar-refractivity contribution is 5.76. The predicted molar refractivity (Wildman–Crippen MR) is 50.4 cm³/mol. The Balaban J connectivity index is 2.17. The summed E-state index contributed by atoms with van der Waals surface area (Å²) in [6.07, 6.45) is 2.36. The zero-order valence-corrected chi connectivity index (χ0v) is 8.12. The van der Waals surface area contributed by atoms with Gasteiger partial charge in [-0.1, -0.05) is 0 Å². The first-order valence-corrected chi connectivity index (χ1v) is 4.82. The highest BCUT2D eigenvalue weighted by Gasteiger charge is 2.21. The summed E-state index contributed by atoms with van der Waals surface area (Å²) >= 11 is 0. The molecule has 2 N–H and O–H groups in total. The van der Waals surface area contributed by atoms with E-state index in [2.05, 4.69) is 5.32 Å². The molecule has 1 saturated heterocycles. The molecule has 0 spiro atoms. The molecule has 1 rings (SSSR count). The van der Waals surface area contributed by atoms with Gasteiger partial charge in [-0.05, 0) is 19.4 Å². The Labute approximate surface area is 78.9 Å². The van der Waals surface area contributed by atoms with Crippen LogP contribution in [-0.4, -0.2) is 48.7 Å². The van der Waals surface area contributed by atoms with Gasteiger partial charge in [0.15, 0.2) is 0 Å². The number of rotatable bonds is 4. The van der Waals surface area contributed by atoms with E-state index in [4.69, 9.17) is 5.11 Å². The minimum Gasteiger partial charge on any atom is -0.396 e. The van der Waals surface area contributed by atoms with Crippen LogP contribution in [-0.2, 0) is 4.79 Å². The summed E-state index contributed by atoms with van der Waals surface area (Å²) in [4.78, 5) is 12.9. The van der Waals surface area contributed by atoms with Crippen LogP contribution in [0.2, 0.25) is 0 Å². The minimum atomic E-state index is 0.231. The molecule has 4 heteroatoms. The lowest BCUT2D eigenvalue weighted by Gasteiger charge is -2.30. The smallest absolute Gasteiger partial charge is 0.222 e. The van der Waals surface area contributed by atoms with Crippen molar-refractivity contribution in [2.75, 3.05) is 26.7 Å². The number of carbonyl (C=O) groups excluding carboxylic acids is 1. The number of nitrogens with zero attached hydrogens (tertiary/aromatic N) is 1. The van der Waals surface area contributed by atoms with Crippen LogP contribution in [0.3, 0.4) is 0 Å². The molecule has 0 saturated carbocycles. The first-order valence-electron chi connectivity index (χ1n) is 4.82. The Morgan fingerprint density at radius 1 is 1.69 bits per heavy atom. The van der Waals surface area contributed by atoms with Crippen molar-refractivity contribution in [1.29, 1.82) is 0 Å². The average Bonchev–Trinajstić information content (AvgIpc) is 2.12. The Morgan fingerprint density at radius 3 is 3.08 bits per heavy atom. The Morgan fingerprint density at radius 2 is 2.46 bits per heavy atom. The topological polar surface area (TPSA) is 52.6 Å². The number of hydrogen-bond donors (Lipinski definition) is 2. The molecule has 1 unspecified atom stereocenters. The van der Waals surface area contributed by atoms with Gasteiger partial charge < -0.3 is 15.3 Å². The molecular formula is C9H18N2O2. The Bertz CT molecular complexity index is 173. The zero-order chi connectivity index (χ0) is 9.68. The van der Waals surface area contributed by atoms with E-state index in [1.165, 1.54) is 0 Å².